The highest BCUT2D eigenvalue weighted by Crippen LogP contribution is 2.34. The smallest absolute Gasteiger partial charge is 0.295 e. The van der Waals surface area contributed by atoms with Crippen LogP contribution in [0.15, 0.2) is 65.1 Å². The van der Waals surface area contributed by atoms with Gasteiger partial charge < -0.3 is 9.15 Å². The number of fused-ring (bicyclic) bond motifs is 2. The highest BCUT2D eigenvalue weighted by atomic mass is 32.1. The number of amides is 1. The summed E-state index contributed by atoms with van der Waals surface area (Å²) in [7, 11) is 0. The van der Waals surface area contributed by atoms with Gasteiger partial charge in [-0.05, 0) is 49.2 Å². The molecule has 6 nitrogen and oxygen atoms in total. The molecule has 0 saturated carbocycles. The minimum atomic E-state index is -0.216. The van der Waals surface area contributed by atoms with Gasteiger partial charge in [0.05, 0.1) is 33.1 Å². The van der Waals surface area contributed by atoms with Crippen LogP contribution in [0.4, 0.5) is 5.13 Å². The first-order valence-corrected chi connectivity index (χ1v) is 12.1. The molecular weight excluding hydrogens is 442 g/mol. The molecule has 0 bridgehead atoms. The molecule has 1 aliphatic rings. The maximum atomic E-state index is 13.6. The van der Waals surface area contributed by atoms with E-state index in [4.69, 9.17) is 14.1 Å². The van der Waals surface area contributed by atoms with Gasteiger partial charge in [-0.3, -0.25) is 9.69 Å². The Morgan fingerprint density at radius 3 is 2.44 bits per heavy atom. The second-order valence-electron chi connectivity index (χ2n) is 7.67. The van der Waals surface area contributed by atoms with Crippen molar-refractivity contribution in [3.05, 3.63) is 66.4 Å². The Morgan fingerprint density at radius 2 is 1.72 bits per heavy atom. The van der Waals surface area contributed by atoms with E-state index in [1.54, 1.807) is 22.3 Å². The molecule has 2 aromatic carbocycles. The average molecular weight is 462 g/mol. The van der Waals surface area contributed by atoms with Gasteiger partial charge in [0.25, 0.3) is 5.91 Å². The lowest BCUT2D eigenvalue weighted by Crippen LogP contribution is -2.37. The van der Waals surface area contributed by atoms with Crippen LogP contribution in [0.1, 0.15) is 23.4 Å². The fraction of sp³-hybridized carbons (Fsp3) is 0.208. The van der Waals surface area contributed by atoms with E-state index < -0.39 is 0 Å². The van der Waals surface area contributed by atoms with E-state index in [1.165, 1.54) is 11.3 Å². The third kappa shape index (κ3) is 3.60. The normalized spacial score (nSPS) is 16.2. The molecule has 0 radical (unpaired) electrons. The molecule has 1 aliphatic heterocycles. The maximum Gasteiger partial charge on any atom is 0.295 e. The van der Waals surface area contributed by atoms with Crippen LogP contribution in [0.2, 0.25) is 0 Å². The number of hydrogen-bond donors (Lipinski definition) is 0. The van der Waals surface area contributed by atoms with Crippen LogP contribution in [0.25, 0.3) is 31.2 Å². The minimum absolute atomic E-state index is 0.00431. The molecule has 160 valence electrons. The van der Waals surface area contributed by atoms with Gasteiger partial charge in [-0.2, -0.15) is 0 Å². The van der Waals surface area contributed by atoms with Gasteiger partial charge >= 0.3 is 0 Å². The quantitative estimate of drug-likeness (QED) is 0.321. The number of carbonyl (C=O) groups is 1. The Hall–Kier alpha value is -3.07. The lowest BCUT2D eigenvalue weighted by atomic mass is 10.2. The third-order valence-corrected chi connectivity index (χ3v) is 7.60. The van der Waals surface area contributed by atoms with Crippen molar-refractivity contribution in [2.45, 2.75) is 18.9 Å². The van der Waals surface area contributed by atoms with E-state index in [0.29, 0.717) is 17.4 Å². The van der Waals surface area contributed by atoms with Crippen molar-refractivity contribution in [1.29, 1.82) is 0 Å². The SMILES string of the molecule is O=C(c1ccc(-c2nc3ccccc3s2)o1)N(C[C@H]1CCCO1)c1nc2ccccc2s1. The summed E-state index contributed by atoms with van der Waals surface area (Å²) in [6, 6.07) is 19.4. The maximum absolute atomic E-state index is 13.6. The molecule has 1 atom stereocenters. The second-order valence-corrected chi connectivity index (χ2v) is 9.71. The number of ether oxygens (including phenoxy) is 1. The number of para-hydroxylation sites is 2. The largest absolute Gasteiger partial charge is 0.448 e. The van der Waals surface area contributed by atoms with E-state index in [2.05, 4.69) is 4.98 Å². The number of benzene rings is 2. The Balaban J connectivity index is 1.34. The number of thiazole rings is 2. The molecule has 6 rings (SSSR count). The molecule has 1 saturated heterocycles. The summed E-state index contributed by atoms with van der Waals surface area (Å²) in [4.78, 5) is 24.6. The van der Waals surface area contributed by atoms with Crippen LogP contribution >= 0.6 is 22.7 Å². The first-order chi connectivity index (χ1) is 15.7. The minimum Gasteiger partial charge on any atom is -0.448 e. The standard InChI is InChI=1S/C24H19N3O3S2/c28-23(19-12-11-18(30-19)22-25-16-7-1-3-9-20(16)31-22)27(14-15-6-5-13-29-15)24-26-17-8-2-4-10-21(17)32-24/h1-4,7-12,15H,5-6,13-14H2/t15-/m1/s1. The molecule has 32 heavy (non-hydrogen) atoms. The van der Waals surface area contributed by atoms with Gasteiger partial charge in [0, 0.05) is 6.61 Å². The highest BCUT2D eigenvalue weighted by molar-refractivity contribution is 7.22. The summed E-state index contributed by atoms with van der Waals surface area (Å²) in [5.41, 5.74) is 1.80. The van der Waals surface area contributed by atoms with Crippen molar-refractivity contribution >= 4 is 54.1 Å². The van der Waals surface area contributed by atoms with Gasteiger partial charge in [-0.15, -0.1) is 11.3 Å². The third-order valence-electron chi connectivity index (χ3n) is 5.49. The lowest BCUT2D eigenvalue weighted by molar-refractivity contribution is 0.0895. The summed E-state index contributed by atoms with van der Waals surface area (Å²) in [5.74, 6) is 0.652. The Kier molecular flexibility index (Phi) is 4.98. The summed E-state index contributed by atoms with van der Waals surface area (Å²) in [5, 5.41) is 1.42. The van der Waals surface area contributed by atoms with Crippen LogP contribution in [0.5, 0.6) is 0 Å². The van der Waals surface area contributed by atoms with Gasteiger partial charge in [0.15, 0.2) is 21.7 Å². The Bertz CT molecular complexity index is 1350. The number of hydrogen-bond acceptors (Lipinski definition) is 7. The molecule has 0 aliphatic carbocycles. The van der Waals surface area contributed by atoms with E-state index in [-0.39, 0.29) is 17.8 Å². The average Bonchev–Trinajstić information content (AvgIpc) is 3.61. The van der Waals surface area contributed by atoms with Crippen molar-refractivity contribution in [3.63, 3.8) is 0 Å². The summed E-state index contributed by atoms with van der Waals surface area (Å²) < 4.78 is 13.9. The zero-order chi connectivity index (χ0) is 21.5. The zero-order valence-corrected chi connectivity index (χ0v) is 18.7. The van der Waals surface area contributed by atoms with Crippen LogP contribution in [0, 0.1) is 0 Å². The fourth-order valence-corrected chi connectivity index (χ4v) is 5.79. The van der Waals surface area contributed by atoms with Crippen molar-refractivity contribution in [2.75, 3.05) is 18.1 Å². The highest BCUT2D eigenvalue weighted by Gasteiger charge is 2.29. The van der Waals surface area contributed by atoms with E-state index >= 15 is 0 Å². The lowest BCUT2D eigenvalue weighted by Gasteiger charge is -2.22. The first kappa shape index (κ1) is 19.6. The monoisotopic (exact) mass is 461 g/mol. The Morgan fingerprint density at radius 1 is 0.969 bits per heavy atom. The summed E-state index contributed by atoms with van der Waals surface area (Å²) in [6.45, 7) is 1.19. The predicted octanol–water partition coefficient (Wildman–Crippen LogP) is 5.99. The number of aromatic nitrogens is 2. The van der Waals surface area contributed by atoms with Crippen LogP contribution in [-0.4, -0.2) is 35.1 Å². The molecule has 1 fully saturated rings. The van der Waals surface area contributed by atoms with Gasteiger partial charge in [-0.1, -0.05) is 35.6 Å². The Labute approximate surface area is 192 Å². The molecule has 0 spiro atoms. The number of furan rings is 1. The second kappa shape index (κ2) is 8.12. The van der Waals surface area contributed by atoms with Crippen molar-refractivity contribution in [1.82, 2.24) is 9.97 Å². The topological polar surface area (TPSA) is 68.5 Å². The number of anilines is 1. The zero-order valence-electron chi connectivity index (χ0n) is 17.1. The molecule has 0 N–H and O–H groups in total. The van der Waals surface area contributed by atoms with Crippen LogP contribution in [-0.2, 0) is 4.74 Å². The molecule has 8 heteroatoms. The molecule has 5 aromatic rings. The molecule has 4 heterocycles. The summed E-state index contributed by atoms with van der Waals surface area (Å²) in [6.07, 6.45) is 1.95. The van der Waals surface area contributed by atoms with Crippen LogP contribution in [0.3, 0.4) is 0 Å². The van der Waals surface area contributed by atoms with Crippen molar-refractivity contribution in [2.24, 2.45) is 0 Å². The summed E-state index contributed by atoms with van der Waals surface area (Å²) >= 11 is 3.05. The van der Waals surface area contributed by atoms with Crippen molar-refractivity contribution in [3.8, 4) is 10.8 Å². The fourth-order valence-electron chi connectivity index (χ4n) is 3.89. The van der Waals surface area contributed by atoms with E-state index in [9.17, 15) is 4.79 Å². The van der Waals surface area contributed by atoms with Crippen molar-refractivity contribution < 1.29 is 13.9 Å². The van der Waals surface area contributed by atoms with E-state index in [0.717, 1.165) is 44.9 Å². The first-order valence-electron chi connectivity index (χ1n) is 10.5. The number of nitrogens with zero attached hydrogens (tertiary/aromatic N) is 3. The molecule has 3 aromatic heterocycles. The number of carbonyl (C=O) groups excluding carboxylic acids is 1. The van der Waals surface area contributed by atoms with E-state index in [1.807, 2.05) is 54.6 Å². The molecule has 0 unspecified atom stereocenters. The molecular formula is C24H19N3O3S2. The number of rotatable bonds is 5. The van der Waals surface area contributed by atoms with Gasteiger partial charge in [0.2, 0.25) is 0 Å². The molecule has 1 amide bonds. The van der Waals surface area contributed by atoms with Gasteiger partial charge in [0.1, 0.15) is 0 Å². The van der Waals surface area contributed by atoms with Gasteiger partial charge in [-0.25, -0.2) is 9.97 Å². The predicted molar refractivity (Wildman–Crippen MR) is 128 cm³/mol. The van der Waals surface area contributed by atoms with Crippen LogP contribution < -0.4 is 4.90 Å².